The topological polar surface area (TPSA) is 28.2 Å². The fourth-order valence-corrected chi connectivity index (χ4v) is 2.19. The Balaban J connectivity index is 2.30. The first-order valence-corrected chi connectivity index (χ1v) is 6.39. The summed E-state index contributed by atoms with van der Waals surface area (Å²) in [6, 6.07) is 1.33. The number of nitrogens with zero attached hydrogens (tertiary/aromatic N) is 2. The molecule has 1 aromatic carbocycles. The summed E-state index contributed by atoms with van der Waals surface area (Å²) in [5, 5.41) is 3.47. The van der Waals surface area contributed by atoms with Gasteiger partial charge in [-0.05, 0) is 18.9 Å². The van der Waals surface area contributed by atoms with Crippen molar-refractivity contribution in [2.75, 3.05) is 24.3 Å². The molecule has 0 atom stereocenters. The van der Waals surface area contributed by atoms with Gasteiger partial charge in [0.25, 0.3) is 0 Å². The molecule has 1 aliphatic rings. The lowest BCUT2D eigenvalue weighted by Crippen LogP contribution is -2.13. The molecule has 0 amide bonds. The van der Waals surface area contributed by atoms with Gasteiger partial charge >= 0.3 is 0 Å². The van der Waals surface area contributed by atoms with Crippen molar-refractivity contribution in [3.63, 3.8) is 0 Å². The van der Waals surface area contributed by atoms with Crippen molar-refractivity contribution in [2.45, 2.75) is 18.9 Å². The lowest BCUT2D eigenvalue weighted by atomic mass is 10.1. The Hall–Kier alpha value is -1.98. The SMILES string of the molecule is CN(C)c1ncc(NC2CC2)c2cc(F)c(F)c(F)c12. The van der Waals surface area contributed by atoms with Gasteiger partial charge in [-0.15, -0.1) is 0 Å². The summed E-state index contributed by atoms with van der Waals surface area (Å²) in [7, 11) is 3.35. The van der Waals surface area contributed by atoms with Gasteiger partial charge in [0.1, 0.15) is 5.82 Å². The van der Waals surface area contributed by atoms with Gasteiger partial charge in [0.2, 0.25) is 0 Å². The molecule has 3 nitrogen and oxygen atoms in total. The van der Waals surface area contributed by atoms with E-state index in [1.807, 2.05) is 0 Å². The molecule has 0 radical (unpaired) electrons. The third kappa shape index (κ3) is 2.05. The van der Waals surface area contributed by atoms with Crippen LogP contribution in [0, 0.1) is 17.5 Å². The van der Waals surface area contributed by atoms with Crippen LogP contribution in [-0.4, -0.2) is 25.1 Å². The van der Waals surface area contributed by atoms with Gasteiger partial charge in [0.05, 0.1) is 17.3 Å². The van der Waals surface area contributed by atoms with Gasteiger partial charge in [0.15, 0.2) is 17.5 Å². The van der Waals surface area contributed by atoms with Crippen LogP contribution in [-0.2, 0) is 0 Å². The maximum atomic E-state index is 14.1. The fourth-order valence-electron chi connectivity index (χ4n) is 2.19. The minimum absolute atomic E-state index is 0.000417. The number of nitrogens with one attached hydrogen (secondary N) is 1. The lowest BCUT2D eigenvalue weighted by Gasteiger charge is -2.17. The Bertz CT molecular complexity index is 681. The van der Waals surface area contributed by atoms with Crippen LogP contribution in [0.15, 0.2) is 12.3 Å². The first-order valence-electron chi connectivity index (χ1n) is 6.39. The van der Waals surface area contributed by atoms with Crippen molar-refractivity contribution >= 4 is 22.3 Å². The monoisotopic (exact) mass is 281 g/mol. The van der Waals surface area contributed by atoms with Crippen LogP contribution in [0.5, 0.6) is 0 Å². The Labute approximate surface area is 114 Å². The van der Waals surface area contributed by atoms with E-state index in [1.54, 1.807) is 19.0 Å². The Morgan fingerprint density at radius 1 is 1.20 bits per heavy atom. The van der Waals surface area contributed by atoms with Crippen molar-refractivity contribution in [3.8, 4) is 0 Å². The Kier molecular flexibility index (Phi) is 2.96. The molecule has 0 bridgehead atoms. The van der Waals surface area contributed by atoms with Crippen LogP contribution >= 0.6 is 0 Å². The number of hydrogen-bond donors (Lipinski definition) is 1. The zero-order valence-electron chi connectivity index (χ0n) is 11.2. The minimum atomic E-state index is -1.47. The van der Waals surface area contributed by atoms with E-state index >= 15 is 0 Å². The van der Waals surface area contributed by atoms with E-state index < -0.39 is 17.5 Å². The van der Waals surface area contributed by atoms with Gasteiger partial charge in [-0.3, -0.25) is 0 Å². The number of aromatic nitrogens is 1. The van der Waals surface area contributed by atoms with E-state index in [1.165, 1.54) is 6.20 Å². The highest BCUT2D eigenvalue weighted by Gasteiger charge is 2.25. The number of benzene rings is 1. The van der Waals surface area contributed by atoms with Crippen molar-refractivity contribution in [3.05, 3.63) is 29.7 Å². The van der Waals surface area contributed by atoms with E-state index in [2.05, 4.69) is 10.3 Å². The fraction of sp³-hybridized carbons (Fsp3) is 0.357. The molecule has 1 aliphatic carbocycles. The number of hydrogen-bond acceptors (Lipinski definition) is 3. The molecule has 20 heavy (non-hydrogen) atoms. The van der Waals surface area contributed by atoms with Crippen LogP contribution in [0.2, 0.25) is 0 Å². The van der Waals surface area contributed by atoms with Gasteiger partial charge < -0.3 is 10.2 Å². The molecule has 6 heteroatoms. The molecule has 0 aliphatic heterocycles. The number of halogens is 3. The second-order valence-corrected chi connectivity index (χ2v) is 5.22. The zero-order chi connectivity index (χ0) is 14.4. The molecule has 2 aromatic rings. The van der Waals surface area contributed by atoms with E-state index in [9.17, 15) is 13.2 Å². The van der Waals surface area contributed by atoms with Crippen molar-refractivity contribution < 1.29 is 13.2 Å². The van der Waals surface area contributed by atoms with Crippen molar-refractivity contribution in [1.82, 2.24) is 4.98 Å². The first kappa shape index (κ1) is 13.0. The van der Waals surface area contributed by atoms with Crippen LogP contribution in [0.3, 0.4) is 0 Å². The third-order valence-electron chi connectivity index (χ3n) is 3.35. The summed E-state index contributed by atoms with van der Waals surface area (Å²) in [5.74, 6) is -3.58. The molecule has 1 aromatic heterocycles. The van der Waals surface area contributed by atoms with Crippen molar-refractivity contribution in [1.29, 1.82) is 0 Å². The number of rotatable bonds is 3. The summed E-state index contributed by atoms with van der Waals surface area (Å²) in [6.07, 6.45) is 3.57. The van der Waals surface area contributed by atoms with Crippen LogP contribution in [0.25, 0.3) is 10.8 Å². The molecule has 0 spiro atoms. The lowest BCUT2D eigenvalue weighted by molar-refractivity contribution is 0.453. The molecular formula is C14H14F3N3. The highest BCUT2D eigenvalue weighted by Crippen LogP contribution is 2.36. The summed E-state index contributed by atoms with van der Waals surface area (Å²) in [6.45, 7) is 0. The molecule has 3 rings (SSSR count). The van der Waals surface area contributed by atoms with Gasteiger partial charge in [-0.1, -0.05) is 0 Å². The van der Waals surface area contributed by atoms with E-state index in [4.69, 9.17) is 0 Å². The second-order valence-electron chi connectivity index (χ2n) is 5.22. The molecule has 1 fully saturated rings. The summed E-state index contributed by atoms with van der Waals surface area (Å²) in [5.41, 5.74) is 0.533. The Morgan fingerprint density at radius 2 is 1.90 bits per heavy atom. The van der Waals surface area contributed by atoms with Gasteiger partial charge in [0, 0.05) is 25.5 Å². The molecule has 0 unspecified atom stereocenters. The molecule has 1 saturated carbocycles. The Morgan fingerprint density at radius 3 is 2.50 bits per heavy atom. The minimum Gasteiger partial charge on any atom is -0.381 e. The molecular weight excluding hydrogens is 267 g/mol. The maximum absolute atomic E-state index is 14.1. The summed E-state index contributed by atoms with van der Waals surface area (Å²) < 4.78 is 41.1. The third-order valence-corrected chi connectivity index (χ3v) is 3.35. The summed E-state index contributed by atoms with van der Waals surface area (Å²) in [4.78, 5) is 5.73. The van der Waals surface area contributed by atoms with Crippen molar-refractivity contribution in [2.24, 2.45) is 0 Å². The van der Waals surface area contributed by atoms with Crippen LogP contribution in [0.1, 0.15) is 12.8 Å². The van der Waals surface area contributed by atoms with E-state index in [-0.39, 0.29) is 11.2 Å². The summed E-state index contributed by atoms with van der Waals surface area (Å²) >= 11 is 0. The normalized spacial score (nSPS) is 14.7. The average Bonchev–Trinajstić information content (AvgIpc) is 3.20. The highest BCUT2D eigenvalue weighted by molar-refractivity contribution is 6.00. The van der Waals surface area contributed by atoms with Gasteiger partial charge in [-0.25, -0.2) is 18.2 Å². The molecule has 0 saturated heterocycles. The van der Waals surface area contributed by atoms with E-state index in [0.717, 1.165) is 18.9 Å². The standard InChI is InChI=1S/C14H14F3N3/c1-20(2)14-11-8(5-9(15)12(16)13(11)17)10(6-18-14)19-7-3-4-7/h5-7,19H,3-4H2,1-2H3. The average molecular weight is 281 g/mol. The first-order chi connectivity index (χ1) is 9.49. The highest BCUT2D eigenvalue weighted by atomic mass is 19.2. The second kappa shape index (κ2) is 4.54. The molecule has 106 valence electrons. The van der Waals surface area contributed by atoms with E-state index in [0.29, 0.717) is 17.1 Å². The quantitative estimate of drug-likeness (QED) is 0.875. The number of fused-ring (bicyclic) bond motifs is 1. The number of anilines is 2. The largest absolute Gasteiger partial charge is 0.381 e. The van der Waals surface area contributed by atoms with Gasteiger partial charge in [-0.2, -0.15) is 0 Å². The predicted octanol–water partition coefficient (Wildman–Crippen LogP) is 3.29. The number of pyridine rings is 1. The molecule has 1 N–H and O–H groups in total. The molecule has 1 heterocycles. The smallest absolute Gasteiger partial charge is 0.195 e. The van der Waals surface area contributed by atoms with Crippen LogP contribution in [0.4, 0.5) is 24.7 Å². The predicted molar refractivity (Wildman–Crippen MR) is 72.6 cm³/mol. The maximum Gasteiger partial charge on any atom is 0.195 e. The zero-order valence-corrected chi connectivity index (χ0v) is 11.2. The van der Waals surface area contributed by atoms with Crippen LogP contribution < -0.4 is 10.2 Å².